The van der Waals surface area contributed by atoms with Gasteiger partial charge >= 0.3 is 0 Å². The molecule has 0 saturated carbocycles. The first-order valence-electron chi connectivity index (χ1n) is 7.85. The lowest BCUT2D eigenvalue weighted by Gasteiger charge is -2.15. The van der Waals surface area contributed by atoms with Gasteiger partial charge in [0.2, 0.25) is 6.79 Å². The van der Waals surface area contributed by atoms with Crippen molar-refractivity contribution in [1.82, 2.24) is 5.32 Å². The third-order valence-corrected chi connectivity index (χ3v) is 3.44. The van der Waals surface area contributed by atoms with Crippen molar-refractivity contribution in [2.45, 2.75) is 53.1 Å². The Balaban J connectivity index is 2.02. The number of nitrogens with one attached hydrogen (secondary N) is 1. The number of benzene rings is 1. The van der Waals surface area contributed by atoms with Crippen molar-refractivity contribution in [3.63, 3.8) is 0 Å². The van der Waals surface area contributed by atoms with E-state index >= 15 is 0 Å². The lowest BCUT2D eigenvalue weighted by atomic mass is 10.1. The molecule has 118 valence electrons. The molecule has 1 aliphatic rings. The lowest BCUT2D eigenvalue weighted by molar-refractivity contribution is 0.173. The van der Waals surface area contributed by atoms with Crippen molar-refractivity contribution in [3.8, 4) is 17.2 Å². The van der Waals surface area contributed by atoms with E-state index in [0.717, 1.165) is 42.4 Å². The van der Waals surface area contributed by atoms with Gasteiger partial charge in [0.05, 0.1) is 6.61 Å². The van der Waals surface area contributed by atoms with Crippen molar-refractivity contribution in [1.29, 1.82) is 0 Å². The van der Waals surface area contributed by atoms with E-state index in [1.807, 2.05) is 12.1 Å². The number of ether oxygens (including phenoxy) is 3. The minimum absolute atomic E-state index is 0.295. The van der Waals surface area contributed by atoms with Gasteiger partial charge in [0.15, 0.2) is 11.5 Å². The third-order valence-electron chi connectivity index (χ3n) is 3.44. The van der Waals surface area contributed by atoms with Crippen LogP contribution in [0.25, 0.3) is 0 Å². The Bertz CT molecular complexity index is 458. The molecule has 0 saturated heterocycles. The van der Waals surface area contributed by atoms with Crippen LogP contribution in [0.4, 0.5) is 0 Å². The molecule has 0 fully saturated rings. The van der Waals surface area contributed by atoms with Crippen LogP contribution in [-0.2, 0) is 6.54 Å². The standard InChI is InChI=1S/C17H27NO3/c1-12(2)6-5-7-19-15-9-17-16(20-11-21-17)8-14(15)10-18-13(3)4/h8-9,12-13,18H,5-7,10-11H2,1-4H3. The number of rotatable bonds is 8. The SMILES string of the molecule is CC(C)CCCOc1cc2c(cc1CNC(C)C)OCO2. The summed E-state index contributed by atoms with van der Waals surface area (Å²) in [5, 5.41) is 3.43. The molecule has 2 rings (SSSR count). The summed E-state index contributed by atoms with van der Waals surface area (Å²) < 4.78 is 16.9. The van der Waals surface area contributed by atoms with Crippen LogP contribution < -0.4 is 19.5 Å². The average molecular weight is 293 g/mol. The summed E-state index contributed by atoms with van der Waals surface area (Å²) in [5.41, 5.74) is 1.12. The molecular formula is C17H27NO3. The van der Waals surface area contributed by atoms with Gasteiger partial charge in [-0.25, -0.2) is 0 Å². The molecule has 0 bridgehead atoms. The average Bonchev–Trinajstić information content (AvgIpc) is 2.87. The summed E-state index contributed by atoms with van der Waals surface area (Å²) in [6.07, 6.45) is 2.26. The first-order chi connectivity index (χ1) is 10.1. The van der Waals surface area contributed by atoms with Crippen LogP contribution in [-0.4, -0.2) is 19.4 Å². The Hall–Kier alpha value is -1.42. The van der Waals surface area contributed by atoms with E-state index in [0.29, 0.717) is 18.8 Å². The molecule has 0 unspecified atom stereocenters. The Labute approximate surface area is 127 Å². The van der Waals surface area contributed by atoms with E-state index in [-0.39, 0.29) is 0 Å². The molecule has 0 amide bonds. The molecule has 1 N–H and O–H groups in total. The van der Waals surface area contributed by atoms with Crippen molar-refractivity contribution in [3.05, 3.63) is 17.7 Å². The molecule has 0 spiro atoms. The van der Waals surface area contributed by atoms with Gasteiger partial charge in [-0.05, 0) is 24.8 Å². The molecule has 1 aromatic carbocycles. The lowest BCUT2D eigenvalue weighted by Crippen LogP contribution is -2.22. The second-order valence-electron chi connectivity index (χ2n) is 6.23. The highest BCUT2D eigenvalue weighted by molar-refractivity contribution is 5.51. The Morgan fingerprint density at radius 1 is 1.14 bits per heavy atom. The van der Waals surface area contributed by atoms with Crippen molar-refractivity contribution >= 4 is 0 Å². The molecule has 4 nitrogen and oxygen atoms in total. The van der Waals surface area contributed by atoms with E-state index < -0.39 is 0 Å². The van der Waals surface area contributed by atoms with Crippen LogP contribution in [0.5, 0.6) is 17.2 Å². The van der Waals surface area contributed by atoms with Crippen molar-refractivity contribution < 1.29 is 14.2 Å². The molecule has 1 heterocycles. The van der Waals surface area contributed by atoms with E-state index in [2.05, 4.69) is 33.0 Å². The van der Waals surface area contributed by atoms with Crippen molar-refractivity contribution in [2.24, 2.45) is 5.92 Å². The zero-order valence-electron chi connectivity index (χ0n) is 13.6. The molecular weight excluding hydrogens is 266 g/mol. The van der Waals surface area contributed by atoms with Crippen LogP contribution in [0, 0.1) is 5.92 Å². The van der Waals surface area contributed by atoms with E-state index in [4.69, 9.17) is 14.2 Å². The van der Waals surface area contributed by atoms with Gasteiger partial charge in [-0.2, -0.15) is 0 Å². The smallest absolute Gasteiger partial charge is 0.231 e. The number of hydrogen-bond donors (Lipinski definition) is 1. The molecule has 0 radical (unpaired) electrons. The summed E-state index contributed by atoms with van der Waals surface area (Å²) >= 11 is 0. The van der Waals surface area contributed by atoms with Gasteiger partial charge in [0, 0.05) is 24.2 Å². The van der Waals surface area contributed by atoms with Crippen LogP contribution >= 0.6 is 0 Å². The van der Waals surface area contributed by atoms with Crippen LogP contribution in [0.1, 0.15) is 46.1 Å². The maximum atomic E-state index is 5.97. The largest absolute Gasteiger partial charge is 0.493 e. The topological polar surface area (TPSA) is 39.7 Å². The summed E-state index contributed by atoms with van der Waals surface area (Å²) in [7, 11) is 0. The molecule has 1 aliphatic heterocycles. The highest BCUT2D eigenvalue weighted by Gasteiger charge is 2.18. The maximum Gasteiger partial charge on any atom is 0.231 e. The molecule has 0 aliphatic carbocycles. The van der Waals surface area contributed by atoms with Crippen LogP contribution in [0.2, 0.25) is 0 Å². The minimum Gasteiger partial charge on any atom is -0.493 e. The quantitative estimate of drug-likeness (QED) is 0.741. The van der Waals surface area contributed by atoms with Gasteiger partial charge in [-0.15, -0.1) is 0 Å². The van der Waals surface area contributed by atoms with Crippen molar-refractivity contribution in [2.75, 3.05) is 13.4 Å². The Morgan fingerprint density at radius 3 is 2.52 bits per heavy atom. The highest BCUT2D eigenvalue weighted by Crippen LogP contribution is 2.38. The third kappa shape index (κ3) is 4.81. The first kappa shape index (κ1) is 16.0. The molecule has 4 heteroatoms. The zero-order chi connectivity index (χ0) is 15.2. The summed E-state index contributed by atoms with van der Waals surface area (Å²) in [6, 6.07) is 4.41. The minimum atomic E-state index is 0.295. The summed E-state index contributed by atoms with van der Waals surface area (Å²) in [5.74, 6) is 3.20. The van der Waals surface area contributed by atoms with E-state index in [1.165, 1.54) is 6.42 Å². The highest BCUT2D eigenvalue weighted by atomic mass is 16.7. The fourth-order valence-corrected chi connectivity index (χ4v) is 2.23. The number of fused-ring (bicyclic) bond motifs is 1. The first-order valence-corrected chi connectivity index (χ1v) is 7.85. The number of hydrogen-bond acceptors (Lipinski definition) is 4. The monoisotopic (exact) mass is 293 g/mol. The second kappa shape index (κ2) is 7.55. The van der Waals surface area contributed by atoms with Crippen LogP contribution in [0.15, 0.2) is 12.1 Å². The van der Waals surface area contributed by atoms with Gasteiger partial charge in [-0.3, -0.25) is 0 Å². The summed E-state index contributed by atoms with van der Waals surface area (Å²) in [4.78, 5) is 0. The second-order valence-corrected chi connectivity index (χ2v) is 6.23. The normalized spacial score (nSPS) is 13.2. The molecule has 21 heavy (non-hydrogen) atoms. The van der Waals surface area contributed by atoms with E-state index in [9.17, 15) is 0 Å². The Morgan fingerprint density at radius 2 is 1.86 bits per heavy atom. The molecule has 0 atom stereocenters. The fraction of sp³-hybridized carbons (Fsp3) is 0.647. The molecule has 0 aromatic heterocycles. The maximum absolute atomic E-state index is 5.97. The predicted molar refractivity (Wildman–Crippen MR) is 84.1 cm³/mol. The van der Waals surface area contributed by atoms with Gasteiger partial charge in [0.1, 0.15) is 5.75 Å². The van der Waals surface area contributed by atoms with Gasteiger partial charge < -0.3 is 19.5 Å². The van der Waals surface area contributed by atoms with Crippen LogP contribution in [0.3, 0.4) is 0 Å². The van der Waals surface area contributed by atoms with Gasteiger partial charge in [0.25, 0.3) is 0 Å². The summed E-state index contributed by atoms with van der Waals surface area (Å²) in [6.45, 7) is 10.5. The predicted octanol–water partition coefficient (Wildman–Crippen LogP) is 3.73. The Kier molecular flexibility index (Phi) is 5.74. The van der Waals surface area contributed by atoms with Gasteiger partial charge in [-0.1, -0.05) is 27.7 Å². The zero-order valence-corrected chi connectivity index (χ0v) is 13.6. The fourth-order valence-electron chi connectivity index (χ4n) is 2.23. The molecule has 1 aromatic rings. The van der Waals surface area contributed by atoms with E-state index in [1.54, 1.807) is 0 Å².